The monoisotopic (exact) mass is 486 g/mol. The summed E-state index contributed by atoms with van der Waals surface area (Å²) in [5.41, 5.74) is 1.73. The van der Waals surface area contributed by atoms with E-state index in [0.717, 1.165) is 12.8 Å². The molecule has 35 heavy (non-hydrogen) atoms. The molecule has 2 aromatic carbocycles. The lowest BCUT2D eigenvalue weighted by Crippen LogP contribution is -2.26. The van der Waals surface area contributed by atoms with Gasteiger partial charge in [0.2, 0.25) is 11.7 Å². The van der Waals surface area contributed by atoms with Gasteiger partial charge in [-0.25, -0.2) is 5.06 Å². The number of hydroxylamine groups is 2. The van der Waals surface area contributed by atoms with Gasteiger partial charge in [-0.15, -0.1) is 0 Å². The van der Waals surface area contributed by atoms with E-state index >= 15 is 0 Å². The van der Waals surface area contributed by atoms with Gasteiger partial charge in [0.1, 0.15) is 5.75 Å². The molecule has 0 fully saturated rings. The predicted octanol–water partition coefficient (Wildman–Crippen LogP) is 3.66. The molecule has 2 aromatic rings. The van der Waals surface area contributed by atoms with Crippen molar-refractivity contribution in [1.29, 1.82) is 0 Å². The second-order valence-electron chi connectivity index (χ2n) is 7.70. The SMILES string of the molecule is COc1cc(C=C(C(=O)NCCCCCC(=O)N(C)OC)c2ccc(O)cc2)cc(OC)c1OC. The average Bonchev–Trinajstić information content (AvgIpc) is 2.88. The van der Waals surface area contributed by atoms with E-state index in [1.807, 2.05) is 0 Å². The van der Waals surface area contributed by atoms with Crippen LogP contribution in [0.15, 0.2) is 36.4 Å². The van der Waals surface area contributed by atoms with Gasteiger partial charge < -0.3 is 24.6 Å². The van der Waals surface area contributed by atoms with Gasteiger partial charge in [0, 0.05) is 25.6 Å². The summed E-state index contributed by atoms with van der Waals surface area (Å²) in [5.74, 6) is 1.15. The van der Waals surface area contributed by atoms with E-state index < -0.39 is 0 Å². The first kappa shape index (κ1) is 27.5. The number of nitrogens with one attached hydrogen (secondary N) is 1. The fourth-order valence-electron chi connectivity index (χ4n) is 3.41. The molecule has 0 bridgehead atoms. The van der Waals surface area contributed by atoms with Crippen LogP contribution in [0.5, 0.6) is 23.0 Å². The number of methoxy groups -OCH3 is 3. The minimum atomic E-state index is -0.264. The van der Waals surface area contributed by atoms with Crippen molar-refractivity contribution in [3.8, 4) is 23.0 Å². The van der Waals surface area contributed by atoms with Crippen LogP contribution in [0.3, 0.4) is 0 Å². The first-order valence-electron chi connectivity index (χ1n) is 11.2. The third-order valence-corrected chi connectivity index (χ3v) is 5.40. The number of hydrogen-bond acceptors (Lipinski definition) is 7. The molecule has 2 N–H and O–H groups in total. The quantitative estimate of drug-likeness (QED) is 0.193. The van der Waals surface area contributed by atoms with Crippen molar-refractivity contribution in [2.45, 2.75) is 25.7 Å². The van der Waals surface area contributed by atoms with Crippen molar-refractivity contribution in [1.82, 2.24) is 10.4 Å². The molecule has 0 unspecified atom stereocenters. The van der Waals surface area contributed by atoms with Crippen LogP contribution in [0.4, 0.5) is 0 Å². The van der Waals surface area contributed by atoms with Crippen molar-refractivity contribution in [3.63, 3.8) is 0 Å². The molecule has 2 amide bonds. The summed E-state index contributed by atoms with van der Waals surface area (Å²) in [7, 11) is 7.61. The van der Waals surface area contributed by atoms with Crippen LogP contribution < -0.4 is 19.5 Å². The minimum absolute atomic E-state index is 0.0839. The lowest BCUT2D eigenvalue weighted by Gasteiger charge is -2.14. The fourth-order valence-corrected chi connectivity index (χ4v) is 3.41. The van der Waals surface area contributed by atoms with E-state index in [-0.39, 0.29) is 17.6 Å². The van der Waals surface area contributed by atoms with E-state index in [4.69, 9.17) is 19.0 Å². The van der Waals surface area contributed by atoms with E-state index in [0.29, 0.717) is 53.3 Å². The summed E-state index contributed by atoms with van der Waals surface area (Å²) in [6.45, 7) is 0.456. The van der Waals surface area contributed by atoms with E-state index in [1.54, 1.807) is 37.4 Å². The average molecular weight is 487 g/mol. The molecule has 0 saturated carbocycles. The van der Waals surface area contributed by atoms with Gasteiger partial charge in [-0.2, -0.15) is 0 Å². The Hall–Kier alpha value is -3.72. The number of phenolic OH excluding ortho intramolecular Hbond substituents is 1. The smallest absolute Gasteiger partial charge is 0.251 e. The molecule has 9 nitrogen and oxygen atoms in total. The number of benzene rings is 2. The molecule has 0 radical (unpaired) electrons. The van der Waals surface area contributed by atoms with Crippen molar-refractivity contribution >= 4 is 23.5 Å². The first-order valence-corrected chi connectivity index (χ1v) is 11.2. The highest BCUT2D eigenvalue weighted by atomic mass is 16.7. The number of carbonyl (C=O) groups excluding carboxylic acids is 2. The van der Waals surface area contributed by atoms with Gasteiger partial charge in [-0.3, -0.25) is 14.4 Å². The van der Waals surface area contributed by atoms with Crippen molar-refractivity contribution in [2.24, 2.45) is 0 Å². The van der Waals surface area contributed by atoms with Crippen LogP contribution in [0, 0.1) is 0 Å². The zero-order valence-electron chi connectivity index (χ0n) is 20.9. The molecular weight excluding hydrogens is 452 g/mol. The van der Waals surface area contributed by atoms with Crippen LogP contribution >= 0.6 is 0 Å². The Morgan fingerprint density at radius 3 is 2.11 bits per heavy atom. The van der Waals surface area contributed by atoms with E-state index in [1.165, 1.54) is 45.6 Å². The lowest BCUT2D eigenvalue weighted by molar-refractivity contribution is -0.168. The summed E-state index contributed by atoms with van der Waals surface area (Å²) in [6, 6.07) is 9.92. The number of aromatic hydroxyl groups is 1. The molecule has 0 saturated heterocycles. The predicted molar refractivity (Wildman–Crippen MR) is 133 cm³/mol. The maximum Gasteiger partial charge on any atom is 0.251 e. The Bertz CT molecular complexity index is 994. The van der Waals surface area contributed by atoms with Crippen molar-refractivity contribution in [2.75, 3.05) is 42.0 Å². The normalized spacial score (nSPS) is 11.1. The number of amides is 2. The molecule has 0 spiro atoms. The first-order chi connectivity index (χ1) is 16.8. The van der Waals surface area contributed by atoms with Gasteiger partial charge >= 0.3 is 0 Å². The van der Waals surface area contributed by atoms with Crippen molar-refractivity contribution < 1.29 is 33.7 Å². The van der Waals surface area contributed by atoms with Crippen LogP contribution in [0.25, 0.3) is 11.6 Å². The third kappa shape index (κ3) is 7.92. The minimum Gasteiger partial charge on any atom is -0.508 e. The zero-order valence-corrected chi connectivity index (χ0v) is 20.9. The second kappa shape index (κ2) is 13.9. The van der Waals surface area contributed by atoms with E-state index in [2.05, 4.69) is 5.32 Å². The fraction of sp³-hybridized carbons (Fsp3) is 0.385. The number of carbonyl (C=O) groups is 2. The maximum atomic E-state index is 13.1. The molecule has 0 aliphatic rings. The number of phenols is 1. The summed E-state index contributed by atoms with van der Waals surface area (Å²) < 4.78 is 16.2. The molecule has 0 aromatic heterocycles. The topological polar surface area (TPSA) is 107 Å². The van der Waals surface area contributed by atoms with Gasteiger partial charge in [-0.1, -0.05) is 18.6 Å². The molecular formula is C26H34N2O7. The van der Waals surface area contributed by atoms with E-state index in [9.17, 15) is 14.7 Å². The molecule has 0 atom stereocenters. The van der Waals surface area contributed by atoms with Crippen LogP contribution in [0.2, 0.25) is 0 Å². The van der Waals surface area contributed by atoms with Gasteiger partial charge in [-0.05, 0) is 54.3 Å². The Morgan fingerprint density at radius 2 is 1.57 bits per heavy atom. The Balaban J connectivity index is 2.17. The van der Waals surface area contributed by atoms with Crippen molar-refractivity contribution in [3.05, 3.63) is 47.5 Å². The molecule has 0 aliphatic carbocycles. The zero-order chi connectivity index (χ0) is 25.8. The second-order valence-corrected chi connectivity index (χ2v) is 7.70. The standard InChI is InChI=1S/C26H34N2O7/c1-28(35-5)24(30)9-7-6-8-14-27-26(31)21(19-10-12-20(29)13-11-19)15-18-16-22(32-2)25(34-4)23(17-18)33-3/h10-13,15-17,29H,6-9,14H2,1-5H3,(H,27,31). The summed E-state index contributed by atoms with van der Waals surface area (Å²) in [6.07, 6.45) is 4.33. The molecule has 190 valence electrons. The Morgan fingerprint density at radius 1 is 0.943 bits per heavy atom. The molecule has 9 heteroatoms. The lowest BCUT2D eigenvalue weighted by atomic mass is 10.0. The van der Waals surface area contributed by atoms with Gasteiger partial charge in [0.15, 0.2) is 11.5 Å². The Kier molecular flexibility index (Phi) is 10.9. The number of nitrogens with zero attached hydrogens (tertiary/aromatic N) is 1. The summed E-state index contributed by atoms with van der Waals surface area (Å²) in [5, 5.41) is 13.8. The number of unbranched alkanes of at least 4 members (excludes halogenated alkanes) is 2. The molecule has 0 aliphatic heterocycles. The maximum absolute atomic E-state index is 13.1. The highest BCUT2D eigenvalue weighted by Crippen LogP contribution is 2.39. The van der Waals surface area contributed by atoms with Crippen LogP contribution in [0.1, 0.15) is 36.8 Å². The van der Waals surface area contributed by atoms with Gasteiger partial charge in [0.05, 0.1) is 28.4 Å². The van der Waals surface area contributed by atoms with Crippen LogP contribution in [-0.2, 0) is 14.4 Å². The highest BCUT2D eigenvalue weighted by molar-refractivity contribution is 6.24. The molecule has 0 heterocycles. The summed E-state index contributed by atoms with van der Waals surface area (Å²) >= 11 is 0. The highest BCUT2D eigenvalue weighted by Gasteiger charge is 2.16. The van der Waals surface area contributed by atoms with Crippen LogP contribution in [-0.4, -0.2) is 64.0 Å². The largest absolute Gasteiger partial charge is 0.508 e. The number of hydrogen-bond donors (Lipinski definition) is 2. The van der Waals surface area contributed by atoms with Gasteiger partial charge in [0.25, 0.3) is 5.91 Å². The number of rotatable bonds is 13. The third-order valence-electron chi connectivity index (χ3n) is 5.40. The number of ether oxygens (including phenoxy) is 3. The Labute approximate surface area is 206 Å². The molecule has 2 rings (SSSR count). The summed E-state index contributed by atoms with van der Waals surface area (Å²) in [4.78, 5) is 29.8.